The van der Waals surface area contributed by atoms with E-state index >= 15 is 0 Å². The van der Waals surface area contributed by atoms with Gasteiger partial charge in [0.2, 0.25) is 0 Å². The van der Waals surface area contributed by atoms with Crippen LogP contribution in [0.3, 0.4) is 0 Å². The van der Waals surface area contributed by atoms with Crippen molar-refractivity contribution in [2.45, 2.75) is 39.3 Å². The molecule has 0 aliphatic rings. The van der Waals surface area contributed by atoms with Crippen LogP contribution in [0.4, 0.5) is 18.9 Å². The zero-order valence-electron chi connectivity index (χ0n) is 12.0. The van der Waals surface area contributed by atoms with E-state index in [1.807, 2.05) is 10.9 Å². The molecule has 0 radical (unpaired) electrons. The standard InChI is InChI=1S/C15H18F3N3/c1-3-12(4-2)21-6-5-11(20-21)9-19-14-8-10(16)7-13(17)15(14)18/h5-8,12,19H,3-4,9H2,1-2H3. The zero-order chi connectivity index (χ0) is 15.4. The third-order valence-electron chi connectivity index (χ3n) is 3.43. The Balaban J connectivity index is 2.07. The van der Waals surface area contributed by atoms with Gasteiger partial charge < -0.3 is 5.32 Å². The number of rotatable bonds is 6. The molecule has 0 aliphatic heterocycles. The lowest BCUT2D eigenvalue weighted by Gasteiger charge is -2.12. The first-order chi connectivity index (χ1) is 10.0. The second-order valence-electron chi connectivity index (χ2n) is 4.86. The summed E-state index contributed by atoms with van der Waals surface area (Å²) in [4.78, 5) is 0. The molecule has 0 amide bonds. The van der Waals surface area contributed by atoms with Crippen LogP contribution < -0.4 is 5.32 Å². The van der Waals surface area contributed by atoms with Crippen LogP contribution in [0, 0.1) is 17.5 Å². The minimum atomic E-state index is -1.21. The number of hydrogen-bond donors (Lipinski definition) is 1. The Labute approximate surface area is 121 Å². The zero-order valence-corrected chi connectivity index (χ0v) is 12.0. The molecule has 1 aromatic heterocycles. The van der Waals surface area contributed by atoms with Gasteiger partial charge in [0.05, 0.1) is 24.0 Å². The van der Waals surface area contributed by atoms with Crippen LogP contribution in [0.5, 0.6) is 0 Å². The third kappa shape index (κ3) is 3.56. The monoisotopic (exact) mass is 297 g/mol. The predicted octanol–water partition coefficient (Wildman–Crippen LogP) is 4.27. The van der Waals surface area contributed by atoms with Crippen LogP contribution in [0.15, 0.2) is 24.4 Å². The summed E-state index contributed by atoms with van der Waals surface area (Å²) >= 11 is 0. The van der Waals surface area contributed by atoms with Gasteiger partial charge in [0, 0.05) is 18.3 Å². The summed E-state index contributed by atoms with van der Waals surface area (Å²) in [5, 5.41) is 7.05. The molecule has 2 rings (SSSR count). The van der Waals surface area contributed by atoms with E-state index in [2.05, 4.69) is 24.3 Å². The highest BCUT2D eigenvalue weighted by atomic mass is 19.2. The largest absolute Gasteiger partial charge is 0.377 e. The Hall–Kier alpha value is -1.98. The van der Waals surface area contributed by atoms with E-state index in [1.165, 1.54) is 0 Å². The fourth-order valence-electron chi connectivity index (χ4n) is 2.21. The van der Waals surface area contributed by atoms with Gasteiger partial charge in [-0.25, -0.2) is 13.2 Å². The first-order valence-corrected chi connectivity index (χ1v) is 6.97. The maximum Gasteiger partial charge on any atom is 0.182 e. The Morgan fingerprint density at radius 2 is 1.90 bits per heavy atom. The van der Waals surface area contributed by atoms with Crippen molar-refractivity contribution in [1.82, 2.24) is 9.78 Å². The van der Waals surface area contributed by atoms with Gasteiger partial charge in [-0.05, 0) is 18.9 Å². The first-order valence-electron chi connectivity index (χ1n) is 6.97. The Bertz CT molecular complexity index is 606. The van der Waals surface area contributed by atoms with Gasteiger partial charge >= 0.3 is 0 Å². The molecule has 3 nitrogen and oxygen atoms in total. The van der Waals surface area contributed by atoms with Crippen LogP contribution in [0.25, 0.3) is 0 Å². The summed E-state index contributed by atoms with van der Waals surface area (Å²) in [6.45, 7) is 4.37. The van der Waals surface area contributed by atoms with Crippen molar-refractivity contribution in [3.8, 4) is 0 Å². The van der Waals surface area contributed by atoms with Gasteiger partial charge in [-0.2, -0.15) is 5.10 Å². The minimum absolute atomic E-state index is 0.201. The normalized spacial score (nSPS) is 11.1. The maximum absolute atomic E-state index is 13.5. The molecule has 114 valence electrons. The van der Waals surface area contributed by atoms with Crippen molar-refractivity contribution >= 4 is 5.69 Å². The molecule has 1 N–H and O–H groups in total. The molecule has 2 aromatic rings. The van der Waals surface area contributed by atoms with Crippen molar-refractivity contribution in [3.63, 3.8) is 0 Å². The average Bonchev–Trinajstić information content (AvgIpc) is 2.91. The molecule has 0 spiro atoms. The predicted molar refractivity (Wildman–Crippen MR) is 75.5 cm³/mol. The number of nitrogens with zero attached hydrogens (tertiary/aromatic N) is 2. The third-order valence-corrected chi connectivity index (χ3v) is 3.43. The maximum atomic E-state index is 13.5. The minimum Gasteiger partial charge on any atom is -0.377 e. The second kappa shape index (κ2) is 6.65. The summed E-state index contributed by atoms with van der Waals surface area (Å²) in [6, 6.07) is 3.57. The molecule has 0 bridgehead atoms. The van der Waals surface area contributed by atoms with Crippen LogP contribution >= 0.6 is 0 Å². The number of aromatic nitrogens is 2. The number of hydrogen-bond acceptors (Lipinski definition) is 2. The van der Waals surface area contributed by atoms with Gasteiger partial charge in [0.15, 0.2) is 11.6 Å². The molecule has 0 saturated carbocycles. The molecule has 0 aliphatic carbocycles. The van der Waals surface area contributed by atoms with Crippen molar-refractivity contribution < 1.29 is 13.2 Å². The van der Waals surface area contributed by atoms with Crippen molar-refractivity contribution in [1.29, 1.82) is 0 Å². The van der Waals surface area contributed by atoms with E-state index in [9.17, 15) is 13.2 Å². The van der Waals surface area contributed by atoms with Gasteiger partial charge in [-0.15, -0.1) is 0 Å². The number of anilines is 1. The SMILES string of the molecule is CCC(CC)n1ccc(CNc2cc(F)cc(F)c2F)n1. The van der Waals surface area contributed by atoms with E-state index in [1.54, 1.807) is 6.07 Å². The average molecular weight is 297 g/mol. The number of nitrogens with one attached hydrogen (secondary N) is 1. The second-order valence-corrected chi connectivity index (χ2v) is 4.86. The van der Waals surface area contributed by atoms with Crippen LogP contribution in [-0.4, -0.2) is 9.78 Å². The van der Waals surface area contributed by atoms with Gasteiger partial charge in [-0.3, -0.25) is 4.68 Å². The molecular formula is C15H18F3N3. The van der Waals surface area contributed by atoms with E-state index in [4.69, 9.17) is 0 Å². The lowest BCUT2D eigenvalue weighted by Crippen LogP contribution is -2.09. The number of halogens is 3. The molecule has 0 unspecified atom stereocenters. The van der Waals surface area contributed by atoms with Gasteiger partial charge in [0.1, 0.15) is 5.82 Å². The molecule has 6 heteroatoms. The molecular weight excluding hydrogens is 279 g/mol. The highest BCUT2D eigenvalue weighted by Gasteiger charge is 2.12. The van der Waals surface area contributed by atoms with Crippen molar-refractivity contribution in [3.05, 3.63) is 47.5 Å². The molecule has 1 heterocycles. The van der Waals surface area contributed by atoms with E-state index in [0.717, 1.165) is 18.9 Å². The lowest BCUT2D eigenvalue weighted by atomic mass is 10.2. The topological polar surface area (TPSA) is 29.9 Å². The van der Waals surface area contributed by atoms with Crippen LogP contribution in [-0.2, 0) is 6.54 Å². The summed E-state index contributed by atoms with van der Waals surface area (Å²) in [5.74, 6) is -3.12. The van der Waals surface area contributed by atoms with Crippen molar-refractivity contribution in [2.75, 3.05) is 5.32 Å². The van der Waals surface area contributed by atoms with E-state index in [-0.39, 0.29) is 12.2 Å². The Kier molecular flexibility index (Phi) is 4.88. The van der Waals surface area contributed by atoms with Gasteiger partial charge in [-0.1, -0.05) is 13.8 Å². The Morgan fingerprint density at radius 1 is 1.19 bits per heavy atom. The van der Waals surface area contributed by atoms with Crippen LogP contribution in [0.1, 0.15) is 38.4 Å². The Morgan fingerprint density at radius 3 is 2.57 bits per heavy atom. The van der Waals surface area contributed by atoms with E-state index in [0.29, 0.717) is 17.8 Å². The quantitative estimate of drug-likeness (QED) is 0.807. The highest BCUT2D eigenvalue weighted by Crippen LogP contribution is 2.20. The smallest absolute Gasteiger partial charge is 0.182 e. The molecule has 0 atom stereocenters. The molecule has 0 fully saturated rings. The molecule has 21 heavy (non-hydrogen) atoms. The van der Waals surface area contributed by atoms with Crippen molar-refractivity contribution in [2.24, 2.45) is 0 Å². The lowest BCUT2D eigenvalue weighted by molar-refractivity contribution is 0.426. The fraction of sp³-hybridized carbons (Fsp3) is 0.400. The summed E-state index contributed by atoms with van der Waals surface area (Å²) in [6.07, 6.45) is 3.79. The van der Waals surface area contributed by atoms with E-state index < -0.39 is 17.5 Å². The first kappa shape index (κ1) is 15.4. The summed E-state index contributed by atoms with van der Waals surface area (Å²) < 4.78 is 41.5. The molecule has 1 aromatic carbocycles. The summed E-state index contributed by atoms with van der Waals surface area (Å²) in [7, 11) is 0. The number of benzene rings is 1. The van der Waals surface area contributed by atoms with Gasteiger partial charge in [0.25, 0.3) is 0 Å². The fourth-order valence-corrected chi connectivity index (χ4v) is 2.21. The molecule has 0 saturated heterocycles. The highest BCUT2D eigenvalue weighted by molar-refractivity contribution is 5.45. The van der Waals surface area contributed by atoms with Crippen LogP contribution in [0.2, 0.25) is 0 Å². The summed E-state index contributed by atoms with van der Waals surface area (Å²) in [5.41, 5.74) is 0.482.